The van der Waals surface area contributed by atoms with Crippen molar-refractivity contribution in [1.29, 1.82) is 0 Å². The number of halogens is 1. The van der Waals surface area contributed by atoms with Gasteiger partial charge in [-0.1, -0.05) is 13.3 Å². The van der Waals surface area contributed by atoms with E-state index >= 15 is 0 Å². The van der Waals surface area contributed by atoms with Crippen LogP contribution in [0.1, 0.15) is 32.6 Å². The number of hydrogen-bond donors (Lipinski definition) is 2. The van der Waals surface area contributed by atoms with Crippen LogP contribution in [0.4, 0.5) is 0 Å². The highest BCUT2D eigenvalue weighted by Crippen LogP contribution is 2.24. The molecule has 1 saturated heterocycles. The summed E-state index contributed by atoms with van der Waals surface area (Å²) in [5.74, 6) is 0.815. The maximum Gasteiger partial charge on any atom is 0.191 e. The summed E-state index contributed by atoms with van der Waals surface area (Å²) in [7, 11) is 6.07. The molecule has 0 atom stereocenters. The summed E-state index contributed by atoms with van der Waals surface area (Å²) in [5.41, 5.74) is 0.127. The molecular formula is C18H39IN4O3. The molecule has 0 aliphatic carbocycles. The highest BCUT2D eigenvalue weighted by Gasteiger charge is 2.34. The van der Waals surface area contributed by atoms with E-state index in [1.54, 1.807) is 7.05 Å². The predicted molar refractivity (Wildman–Crippen MR) is 118 cm³/mol. The van der Waals surface area contributed by atoms with Crippen LogP contribution in [-0.4, -0.2) is 90.3 Å². The van der Waals surface area contributed by atoms with Crippen molar-refractivity contribution in [1.82, 2.24) is 15.5 Å². The third-order valence-corrected chi connectivity index (χ3v) is 4.73. The lowest BCUT2D eigenvalue weighted by atomic mass is 9.88. The standard InChI is InChI=1S/C18H38N4O3.HI/c1-5-6-10-23-14-15-25-13-9-20-17(19-2)21-16-18(22(3)4)7-11-24-12-8-18;/h5-16H2,1-4H3,(H2,19,20,21);1H. The molecule has 0 amide bonds. The van der Waals surface area contributed by atoms with Gasteiger partial charge in [0.25, 0.3) is 0 Å². The highest BCUT2D eigenvalue weighted by atomic mass is 127. The Hall–Kier alpha value is -0.160. The number of aliphatic imine (C=N–C) groups is 1. The van der Waals surface area contributed by atoms with E-state index in [4.69, 9.17) is 14.2 Å². The average Bonchev–Trinajstić information content (AvgIpc) is 2.63. The minimum Gasteiger partial charge on any atom is -0.381 e. The average molecular weight is 486 g/mol. The third kappa shape index (κ3) is 10.2. The molecule has 1 aliphatic rings. The van der Waals surface area contributed by atoms with Gasteiger partial charge in [-0.15, -0.1) is 24.0 Å². The fraction of sp³-hybridized carbons (Fsp3) is 0.944. The Morgan fingerprint density at radius 2 is 1.73 bits per heavy atom. The SMILES string of the molecule is CCCCOCCOCCNC(=NC)NCC1(N(C)C)CCOCC1.I. The highest BCUT2D eigenvalue weighted by molar-refractivity contribution is 14.0. The molecule has 0 bridgehead atoms. The summed E-state index contributed by atoms with van der Waals surface area (Å²) in [6.07, 6.45) is 4.35. The van der Waals surface area contributed by atoms with Crippen LogP contribution in [0.25, 0.3) is 0 Å². The molecule has 1 heterocycles. The second-order valence-corrected chi connectivity index (χ2v) is 6.66. The van der Waals surface area contributed by atoms with Crippen LogP contribution in [0.5, 0.6) is 0 Å². The summed E-state index contributed by atoms with van der Waals surface area (Å²) in [6, 6.07) is 0. The number of nitrogens with one attached hydrogen (secondary N) is 2. The molecule has 0 saturated carbocycles. The van der Waals surface area contributed by atoms with Crippen molar-refractivity contribution in [3.8, 4) is 0 Å². The van der Waals surface area contributed by atoms with Crippen LogP contribution in [0, 0.1) is 0 Å². The van der Waals surface area contributed by atoms with Gasteiger partial charge in [0.15, 0.2) is 5.96 Å². The van der Waals surface area contributed by atoms with Crippen molar-refractivity contribution in [2.75, 3.05) is 73.9 Å². The van der Waals surface area contributed by atoms with E-state index in [9.17, 15) is 0 Å². The van der Waals surface area contributed by atoms with Gasteiger partial charge in [-0.05, 0) is 33.4 Å². The Morgan fingerprint density at radius 1 is 1.08 bits per heavy atom. The first-order chi connectivity index (χ1) is 12.1. The summed E-state index contributed by atoms with van der Waals surface area (Å²) < 4.78 is 16.5. The van der Waals surface area contributed by atoms with Crippen LogP contribution in [-0.2, 0) is 14.2 Å². The monoisotopic (exact) mass is 486 g/mol. The van der Waals surface area contributed by atoms with E-state index < -0.39 is 0 Å². The van der Waals surface area contributed by atoms with Crippen molar-refractivity contribution >= 4 is 29.9 Å². The van der Waals surface area contributed by atoms with E-state index in [2.05, 4.69) is 41.5 Å². The van der Waals surface area contributed by atoms with Gasteiger partial charge in [-0.3, -0.25) is 4.99 Å². The van der Waals surface area contributed by atoms with Gasteiger partial charge in [0, 0.05) is 45.5 Å². The van der Waals surface area contributed by atoms with E-state index in [0.29, 0.717) is 19.8 Å². The number of rotatable bonds is 12. The van der Waals surface area contributed by atoms with E-state index in [1.807, 2.05) is 0 Å². The Labute approximate surface area is 176 Å². The topological polar surface area (TPSA) is 67.4 Å². The van der Waals surface area contributed by atoms with E-state index in [-0.39, 0.29) is 29.5 Å². The van der Waals surface area contributed by atoms with Crippen molar-refractivity contribution in [3.05, 3.63) is 0 Å². The maximum absolute atomic E-state index is 5.57. The van der Waals surface area contributed by atoms with Crippen molar-refractivity contribution < 1.29 is 14.2 Å². The smallest absolute Gasteiger partial charge is 0.191 e. The molecule has 7 nitrogen and oxygen atoms in total. The van der Waals surface area contributed by atoms with Gasteiger partial charge in [-0.25, -0.2) is 0 Å². The molecule has 8 heteroatoms. The fourth-order valence-corrected chi connectivity index (χ4v) is 2.81. The van der Waals surface area contributed by atoms with Gasteiger partial charge < -0.3 is 29.7 Å². The van der Waals surface area contributed by atoms with E-state index in [1.165, 1.54) is 6.42 Å². The van der Waals surface area contributed by atoms with E-state index in [0.717, 1.165) is 58.1 Å². The lowest BCUT2D eigenvalue weighted by Crippen LogP contribution is -2.57. The van der Waals surface area contributed by atoms with Crippen LogP contribution in [0.3, 0.4) is 0 Å². The number of hydrogen-bond acceptors (Lipinski definition) is 5. The first-order valence-corrected chi connectivity index (χ1v) is 9.50. The fourth-order valence-electron chi connectivity index (χ4n) is 2.81. The zero-order valence-corrected chi connectivity index (χ0v) is 19.3. The molecular weight excluding hydrogens is 447 g/mol. The number of likely N-dealkylation sites (N-methyl/N-ethyl adjacent to an activating group) is 1. The summed E-state index contributed by atoms with van der Waals surface area (Å²) in [4.78, 5) is 6.60. The van der Waals surface area contributed by atoms with Gasteiger partial charge >= 0.3 is 0 Å². The molecule has 0 radical (unpaired) electrons. The summed E-state index contributed by atoms with van der Waals surface area (Å²) in [5, 5.41) is 6.75. The van der Waals surface area contributed by atoms with Crippen molar-refractivity contribution in [2.45, 2.75) is 38.1 Å². The van der Waals surface area contributed by atoms with Crippen molar-refractivity contribution in [3.63, 3.8) is 0 Å². The first kappa shape index (κ1) is 25.8. The van der Waals surface area contributed by atoms with Gasteiger partial charge in [-0.2, -0.15) is 0 Å². The number of nitrogens with zero attached hydrogens (tertiary/aromatic N) is 2. The van der Waals surface area contributed by atoms with Gasteiger partial charge in [0.05, 0.1) is 19.8 Å². The molecule has 0 unspecified atom stereocenters. The molecule has 0 aromatic heterocycles. The van der Waals surface area contributed by atoms with Crippen molar-refractivity contribution in [2.24, 2.45) is 4.99 Å². The Balaban J connectivity index is 0.00000625. The molecule has 0 aromatic carbocycles. The lowest BCUT2D eigenvalue weighted by molar-refractivity contribution is -0.00503. The van der Waals surface area contributed by atoms with Gasteiger partial charge in [0.2, 0.25) is 0 Å². The summed E-state index contributed by atoms with van der Waals surface area (Å²) in [6.45, 7) is 8.16. The molecule has 2 N–H and O–H groups in total. The van der Waals surface area contributed by atoms with Crippen LogP contribution < -0.4 is 10.6 Å². The van der Waals surface area contributed by atoms with Gasteiger partial charge in [0.1, 0.15) is 0 Å². The molecule has 1 fully saturated rings. The molecule has 0 spiro atoms. The number of unbranched alkanes of at least 4 members (excludes halogenated alkanes) is 1. The minimum absolute atomic E-state index is 0. The second kappa shape index (κ2) is 15.9. The number of guanidine groups is 1. The van der Waals surface area contributed by atoms with Crippen LogP contribution >= 0.6 is 24.0 Å². The zero-order valence-electron chi connectivity index (χ0n) is 17.0. The van der Waals surface area contributed by atoms with Crippen LogP contribution in [0.15, 0.2) is 4.99 Å². The molecule has 156 valence electrons. The second-order valence-electron chi connectivity index (χ2n) is 6.66. The normalized spacial score (nSPS) is 17.0. The molecule has 1 aliphatic heterocycles. The lowest BCUT2D eigenvalue weighted by Gasteiger charge is -2.43. The summed E-state index contributed by atoms with van der Waals surface area (Å²) >= 11 is 0. The quantitative estimate of drug-likeness (QED) is 0.190. The van der Waals surface area contributed by atoms with Crippen LogP contribution in [0.2, 0.25) is 0 Å². The zero-order chi connectivity index (χ0) is 18.4. The Kier molecular flexibility index (Phi) is 15.8. The Bertz CT molecular complexity index is 364. The first-order valence-electron chi connectivity index (χ1n) is 9.50. The number of ether oxygens (including phenoxy) is 3. The largest absolute Gasteiger partial charge is 0.381 e. The predicted octanol–water partition coefficient (Wildman–Crippen LogP) is 1.71. The molecule has 26 heavy (non-hydrogen) atoms. The maximum atomic E-state index is 5.57. The minimum atomic E-state index is 0. The third-order valence-electron chi connectivity index (χ3n) is 4.73. The molecule has 0 aromatic rings. The Morgan fingerprint density at radius 3 is 2.31 bits per heavy atom. The molecule has 1 rings (SSSR count).